The maximum absolute atomic E-state index is 11.9. The Balaban J connectivity index is 1.85. The van der Waals surface area contributed by atoms with Gasteiger partial charge in [-0.15, -0.1) is 0 Å². The third kappa shape index (κ3) is 3.39. The maximum atomic E-state index is 11.9. The molecule has 0 aromatic carbocycles. The number of carboxylic acids is 1. The number of nitrogens with one attached hydrogen (secondary N) is 2. The summed E-state index contributed by atoms with van der Waals surface area (Å²) in [5.74, 6) is -0.889. The molecule has 1 aromatic rings. The van der Waals surface area contributed by atoms with Crippen LogP contribution in [-0.2, 0) is 9.53 Å². The lowest BCUT2D eigenvalue weighted by Crippen LogP contribution is -2.34. The molecule has 2 rings (SSSR count). The smallest absolute Gasteiger partial charge is 0.354 e. The fraction of sp³-hybridized carbons (Fsp3) is 0.571. The number of aromatic nitrogens is 1. The van der Waals surface area contributed by atoms with Crippen molar-refractivity contribution in [3.05, 3.63) is 17.5 Å². The Kier molecular flexibility index (Phi) is 4.44. The van der Waals surface area contributed by atoms with Gasteiger partial charge in [0, 0.05) is 18.7 Å². The first kappa shape index (κ1) is 14.6. The van der Waals surface area contributed by atoms with E-state index in [1.54, 1.807) is 13.0 Å². The molecule has 1 aromatic heterocycles. The van der Waals surface area contributed by atoms with Crippen molar-refractivity contribution in [1.82, 2.24) is 4.98 Å². The van der Waals surface area contributed by atoms with Gasteiger partial charge in [-0.2, -0.15) is 0 Å². The van der Waals surface area contributed by atoms with Gasteiger partial charge in [-0.3, -0.25) is 4.79 Å². The Bertz CT molecular complexity index is 503. The summed E-state index contributed by atoms with van der Waals surface area (Å²) in [5.41, 5.74) is 1.06. The number of amides is 1. The van der Waals surface area contributed by atoms with Crippen molar-refractivity contribution < 1.29 is 19.4 Å². The number of hydrogen-bond acceptors (Lipinski definition) is 3. The van der Waals surface area contributed by atoms with Gasteiger partial charge in [-0.05, 0) is 38.7 Å². The quantitative estimate of drug-likeness (QED) is 0.744. The summed E-state index contributed by atoms with van der Waals surface area (Å²) in [4.78, 5) is 25.6. The Hall–Kier alpha value is -1.82. The van der Waals surface area contributed by atoms with Gasteiger partial charge in [0.15, 0.2) is 0 Å². The lowest BCUT2D eigenvalue weighted by atomic mass is 9.80. The Morgan fingerprint density at radius 3 is 2.80 bits per heavy atom. The van der Waals surface area contributed by atoms with E-state index < -0.39 is 5.97 Å². The molecule has 1 fully saturated rings. The van der Waals surface area contributed by atoms with Crippen molar-refractivity contribution >= 4 is 17.6 Å². The minimum atomic E-state index is -1.08. The number of H-pyrrole nitrogens is 1. The lowest BCUT2D eigenvalue weighted by Gasteiger charge is -2.34. The first-order chi connectivity index (χ1) is 9.49. The molecule has 0 radical (unpaired) electrons. The van der Waals surface area contributed by atoms with E-state index >= 15 is 0 Å². The van der Waals surface area contributed by atoms with Crippen LogP contribution in [0.5, 0.6) is 0 Å². The first-order valence-electron chi connectivity index (χ1n) is 6.84. The number of rotatable bonds is 6. The van der Waals surface area contributed by atoms with Gasteiger partial charge < -0.3 is 20.1 Å². The number of anilines is 1. The van der Waals surface area contributed by atoms with E-state index in [2.05, 4.69) is 10.3 Å². The molecule has 0 spiro atoms. The largest absolute Gasteiger partial charge is 0.477 e. The number of aromatic carboxylic acids is 1. The van der Waals surface area contributed by atoms with Crippen molar-refractivity contribution in [1.29, 1.82) is 0 Å². The molecule has 6 heteroatoms. The second-order valence-electron chi connectivity index (χ2n) is 5.21. The third-order valence-corrected chi connectivity index (χ3v) is 3.51. The van der Waals surface area contributed by atoms with Crippen molar-refractivity contribution in [2.75, 3.05) is 11.9 Å². The van der Waals surface area contributed by atoms with Crippen LogP contribution in [0.15, 0.2) is 6.07 Å². The second-order valence-corrected chi connectivity index (χ2v) is 5.21. The summed E-state index contributed by atoms with van der Waals surface area (Å²) in [5, 5.41) is 11.7. The fourth-order valence-corrected chi connectivity index (χ4v) is 2.53. The monoisotopic (exact) mass is 280 g/mol. The zero-order valence-electron chi connectivity index (χ0n) is 11.7. The first-order valence-corrected chi connectivity index (χ1v) is 6.84. The SMILES string of the molecule is CCOC1CC(CC(=O)Nc2cc(C)[nH]c2C(=O)O)C1. The number of carboxylic acid groups (broad SMARTS) is 1. The van der Waals surface area contributed by atoms with Crippen molar-refractivity contribution in [3.63, 3.8) is 0 Å². The van der Waals surface area contributed by atoms with Crippen LogP contribution in [0, 0.1) is 12.8 Å². The Labute approximate surface area is 117 Å². The zero-order chi connectivity index (χ0) is 14.7. The number of aryl methyl sites for hydroxylation is 1. The predicted octanol–water partition coefficient (Wildman–Crippen LogP) is 2.17. The van der Waals surface area contributed by atoms with E-state index in [-0.39, 0.29) is 17.7 Å². The van der Waals surface area contributed by atoms with Crippen LogP contribution in [0.2, 0.25) is 0 Å². The number of ether oxygens (including phenoxy) is 1. The highest BCUT2D eigenvalue weighted by molar-refractivity contribution is 5.99. The standard InChI is InChI=1S/C14H20N2O4/c1-3-20-10-5-9(6-10)7-12(17)16-11-4-8(2)15-13(11)14(18)19/h4,9-10,15H,3,5-7H2,1-2H3,(H,16,17)(H,18,19). The zero-order valence-corrected chi connectivity index (χ0v) is 11.7. The highest BCUT2D eigenvalue weighted by Gasteiger charge is 2.31. The highest BCUT2D eigenvalue weighted by atomic mass is 16.5. The van der Waals surface area contributed by atoms with Gasteiger partial charge in [0.1, 0.15) is 5.69 Å². The highest BCUT2D eigenvalue weighted by Crippen LogP contribution is 2.33. The molecule has 0 saturated heterocycles. The van der Waals surface area contributed by atoms with Crippen LogP contribution in [0.4, 0.5) is 5.69 Å². The van der Waals surface area contributed by atoms with Crippen LogP contribution in [0.25, 0.3) is 0 Å². The molecule has 20 heavy (non-hydrogen) atoms. The lowest BCUT2D eigenvalue weighted by molar-refractivity contribution is -0.119. The van der Waals surface area contributed by atoms with Gasteiger partial charge in [-0.1, -0.05) is 0 Å². The molecule has 0 unspecified atom stereocenters. The average molecular weight is 280 g/mol. The molecule has 1 aliphatic rings. The molecule has 0 aliphatic heterocycles. The summed E-state index contributed by atoms with van der Waals surface area (Å²) < 4.78 is 5.45. The molecule has 3 N–H and O–H groups in total. The molecular weight excluding hydrogens is 260 g/mol. The van der Waals surface area contributed by atoms with Crippen LogP contribution in [0.3, 0.4) is 0 Å². The van der Waals surface area contributed by atoms with E-state index in [0.29, 0.717) is 30.3 Å². The molecular formula is C14H20N2O4. The van der Waals surface area contributed by atoms with Crippen LogP contribution >= 0.6 is 0 Å². The van der Waals surface area contributed by atoms with Crippen LogP contribution in [0.1, 0.15) is 42.4 Å². The molecule has 1 aliphatic carbocycles. The van der Waals surface area contributed by atoms with Gasteiger partial charge in [0.25, 0.3) is 0 Å². The summed E-state index contributed by atoms with van der Waals surface area (Å²) in [6.45, 7) is 4.41. The average Bonchev–Trinajstić information content (AvgIpc) is 2.67. The summed E-state index contributed by atoms with van der Waals surface area (Å²) in [6.07, 6.45) is 2.49. The molecule has 1 saturated carbocycles. The predicted molar refractivity (Wildman–Crippen MR) is 73.9 cm³/mol. The maximum Gasteiger partial charge on any atom is 0.354 e. The van der Waals surface area contributed by atoms with Gasteiger partial charge in [0.05, 0.1) is 11.8 Å². The number of carbonyl (C=O) groups is 2. The number of aromatic amines is 1. The van der Waals surface area contributed by atoms with E-state index in [1.807, 2.05) is 6.92 Å². The molecule has 0 bridgehead atoms. The van der Waals surface area contributed by atoms with Gasteiger partial charge >= 0.3 is 5.97 Å². The second kappa shape index (κ2) is 6.09. The minimum Gasteiger partial charge on any atom is -0.477 e. The Morgan fingerprint density at radius 1 is 1.50 bits per heavy atom. The molecule has 110 valence electrons. The van der Waals surface area contributed by atoms with Crippen LogP contribution in [-0.4, -0.2) is 34.7 Å². The summed E-state index contributed by atoms with van der Waals surface area (Å²) in [7, 11) is 0. The summed E-state index contributed by atoms with van der Waals surface area (Å²) >= 11 is 0. The van der Waals surface area contributed by atoms with E-state index in [0.717, 1.165) is 12.8 Å². The Morgan fingerprint density at radius 2 is 2.20 bits per heavy atom. The molecule has 1 heterocycles. The van der Waals surface area contributed by atoms with E-state index in [4.69, 9.17) is 9.84 Å². The number of hydrogen-bond donors (Lipinski definition) is 3. The van der Waals surface area contributed by atoms with Crippen molar-refractivity contribution in [2.24, 2.45) is 5.92 Å². The third-order valence-electron chi connectivity index (χ3n) is 3.51. The van der Waals surface area contributed by atoms with E-state index in [1.165, 1.54) is 0 Å². The molecule has 0 atom stereocenters. The topological polar surface area (TPSA) is 91.4 Å². The molecule has 1 amide bonds. The summed E-state index contributed by atoms with van der Waals surface area (Å²) in [6, 6.07) is 1.63. The van der Waals surface area contributed by atoms with E-state index in [9.17, 15) is 9.59 Å². The van der Waals surface area contributed by atoms with Gasteiger partial charge in [-0.25, -0.2) is 4.79 Å². The fourth-order valence-electron chi connectivity index (χ4n) is 2.53. The van der Waals surface area contributed by atoms with Crippen LogP contribution < -0.4 is 5.32 Å². The minimum absolute atomic E-state index is 0.0247. The normalized spacial score (nSPS) is 21.3. The van der Waals surface area contributed by atoms with Crippen molar-refractivity contribution in [2.45, 2.75) is 39.2 Å². The van der Waals surface area contributed by atoms with Crippen molar-refractivity contribution in [3.8, 4) is 0 Å². The number of carbonyl (C=O) groups excluding carboxylic acids is 1. The molecule has 6 nitrogen and oxygen atoms in total. The van der Waals surface area contributed by atoms with Gasteiger partial charge in [0.2, 0.25) is 5.91 Å².